The van der Waals surface area contributed by atoms with Gasteiger partial charge in [-0.05, 0) is 37.8 Å². The predicted octanol–water partition coefficient (Wildman–Crippen LogP) is 2.54. The summed E-state index contributed by atoms with van der Waals surface area (Å²) < 4.78 is 0. The highest BCUT2D eigenvalue weighted by atomic mass is 32.2. The average molecular weight is 332 g/mol. The average Bonchev–Trinajstić information content (AvgIpc) is 3.44. The molecule has 0 bridgehead atoms. The third-order valence-electron chi connectivity index (χ3n) is 4.44. The van der Waals surface area contributed by atoms with Crippen LogP contribution < -0.4 is 5.32 Å². The van der Waals surface area contributed by atoms with Gasteiger partial charge in [0.25, 0.3) is 0 Å². The molecule has 1 aliphatic carbocycles. The zero-order valence-electron chi connectivity index (χ0n) is 13.4. The molecule has 1 aromatic rings. The van der Waals surface area contributed by atoms with Crippen molar-refractivity contribution in [2.45, 2.75) is 30.6 Å². The van der Waals surface area contributed by atoms with E-state index in [-0.39, 0.29) is 23.7 Å². The Balaban J connectivity index is 1.38. The van der Waals surface area contributed by atoms with Crippen molar-refractivity contribution in [1.82, 2.24) is 10.2 Å². The second-order valence-electron chi connectivity index (χ2n) is 6.35. The van der Waals surface area contributed by atoms with Gasteiger partial charge in [0.2, 0.25) is 11.8 Å². The Morgan fingerprint density at radius 2 is 1.91 bits per heavy atom. The maximum atomic E-state index is 12.3. The minimum Gasteiger partial charge on any atom is -0.355 e. The summed E-state index contributed by atoms with van der Waals surface area (Å²) in [7, 11) is 0. The number of thioether (sulfide) groups is 1. The first-order chi connectivity index (χ1) is 11.2. The summed E-state index contributed by atoms with van der Waals surface area (Å²) in [6.07, 6.45) is 3.90. The molecule has 1 heterocycles. The van der Waals surface area contributed by atoms with Crippen LogP contribution in [0.15, 0.2) is 35.2 Å². The van der Waals surface area contributed by atoms with Crippen molar-refractivity contribution in [2.24, 2.45) is 11.8 Å². The summed E-state index contributed by atoms with van der Waals surface area (Å²) in [5, 5.41) is 3.03. The summed E-state index contributed by atoms with van der Waals surface area (Å²) in [4.78, 5) is 27.6. The highest BCUT2D eigenvalue weighted by Gasteiger charge is 2.36. The number of benzene rings is 1. The molecule has 4 nitrogen and oxygen atoms in total. The van der Waals surface area contributed by atoms with Gasteiger partial charge in [-0.25, -0.2) is 0 Å². The van der Waals surface area contributed by atoms with Crippen molar-refractivity contribution >= 4 is 23.6 Å². The van der Waals surface area contributed by atoms with Crippen LogP contribution in [0.2, 0.25) is 0 Å². The van der Waals surface area contributed by atoms with Gasteiger partial charge in [0.15, 0.2) is 0 Å². The summed E-state index contributed by atoms with van der Waals surface area (Å²) in [5.74, 6) is 1.45. The fourth-order valence-electron chi connectivity index (χ4n) is 2.98. The fraction of sp³-hybridized carbons (Fsp3) is 0.556. The van der Waals surface area contributed by atoms with Crippen LogP contribution in [0.25, 0.3) is 0 Å². The van der Waals surface area contributed by atoms with E-state index in [0.717, 1.165) is 38.0 Å². The number of hydrogen-bond acceptors (Lipinski definition) is 3. The highest BCUT2D eigenvalue weighted by molar-refractivity contribution is 7.99. The van der Waals surface area contributed by atoms with E-state index >= 15 is 0 Å². The third kappa shape index (κ3) is 4.74. The fourth-order valence-corrected chi connectivity index (χ4v) is 3.77. The van der Waals surface area contributed by atoms with Gasteiger partial charge in [0, 0.05) is 36.2 Å². The van der Waals surface area contributed by atoms with Gasteiger partial charge in [0.05, 0.1) is 5.92 Å². The number of carbonyl (C=O) groups excluding carboxylic acids is 2. The molecule has 0 unspecified atom stereocenters. The first kappa shape index (κ1) is 16.4. The first-order valence-corrected chi connectivity index (χ1v) is 9.47. The SMILES string of the molecule is O=C(NCCSc1ccccc1)[C@@H]1CCCN(C(=O)C2CC2)C1. The molecule has 1 N–H and O–H groups in total. The summed E-state index contributed by atoms with van der Waals surface area (Å²) >= 11 is 1.75. The molecule has 5 heteroatoms. The lowest BCUT2D eigenvalue weighted by molar-refractivity contribution is -0.136. The van der Waals surface area contributed by atoms with E-state index in [1.165, 1.54) is 4.90 Å². The number of carbonyl (C=O) groups is 2. The Hall–Kier alpha value is -1.49. The number of rotatable bonds is 6. The zero-order valence-corrected chi connectivity index (χ0v) is 14.2. The molecule has 1 atom stereocenters. The Kier molecular flexibility index (Phi) is 5.60. The quantitative estimate of drug-likeness (QED) is 0.643. The van der Waals surface area contributed by atoms with Gasteiger partial charge in [-0.15, -0.1) is 11.8 Å². The van der Waals surface area contributed by atoms with Crippen LogP contribution in [0.3, 0.4) is 0 Å². The molecule has 124 valence electrons. The van der Waals surface area contributed by atoms with Crippen molar-refractivity contribution in [3.8, 4) is 0 Å². The molecule has 0 radical (unpaired) electrons. The normalized spacial score (nSPS) is 21.0. The molecule has 23 heavy (non-hydrogen) atoms. The molecule has 3 rings (SSSR count). The van der Waals surface area contributed by atoms with Crippen LogP contribution in [0.5, 0.6) is 0 Å². The van der Waals surface area contributed by atoms with Gasteiger partial charge in [-0.2, -0.15) is 0 Å². The topological polar surface area (TPSA) is 49.4 Å². The predicted molar refractivity (Wildman–Crippen MR) is 92.2 cm³/mol. The van der Waals surface area contributed by atoms with Crippen LogP contribution >= 0.6 is 11.8 Å². The first-order valence-electron chi connectivity index (χ1n) is 8.48. The number of likely N-dealkylation sites (tertiary alicyclic amines) is 1. The smallest absolute Gasteiger partial charge is 0.225 e. The van der Waals surface area contributed by atoms with Crippen LogP contribution in [0.1, 0.15) is 25.7 Å². The lowest BCUT2D eigenvalue weighted by Crippen LogP contribution is -2.46. The highest BCUT2D eigenvalue weighted by Crippen LogP contribution is 2.32. The van der Waals surface area contributed by atoms with Gasteiger partial charge in [0.1, 0.15) is 0 Å². The minimum absolute atomic E-state index is 0.0341. The zero-order chi connectivity index (χ0) is 16.1. The number of piperidine rings is 1. The minimum atomic E-state index is -0.0341. The van der Waals surface area contributed by atoms with Crippen molar-refractivity contribution in [3.63, 3.8) is 0 Å². The molecular weight excluding hydrogens is 308 g/mol. The van der Waals surface area contributed by atoms with Crippen LogP contribution in [0.4, 0.5) is 0 Å². The molecule has 2 aliphatic rings. The second-order valence-corrected chi connectivity index (χ2v) is 7.52. The van der Waals surface area contributed by atoms with Gasteiger partial charge >= 0.3 is 0 Å². The van der Waals surface area contributed by atoms with E-state index in [1.54, 1.807) is 11.8 Å². The molecule has 1 aromatic carbocycles. The number of nitrogens with one attached hydrogen (secondary N) is 1. The number of amides is 2. The summed E-state index contributed by atoms with van der Waals surface area (Å²) in [6, 6.07) is 10.2. The molecule has 1 saturated carbocycles. The molecule has 1 aliphatic heterocycles. The lowest BCUT2D eigenvalue weighted by Gasteiger charge is -2.32. The Morgan fingerprint density at radius 3 is 2.65 bits per heavy atom. The van der Waals surface area contributed by atoms with E-state index in [4.69, 9.17) is 0 Å². The van der Waals surface area contributed by atoms with E-state index in [2.05, 4.69) is 17.4 Å². The van der Waals surface area contributed by atoms with E-state index in [0.29, 0.717) is 13.1 Å². The monoisotopic (exact) mass is 332 g/mol. The Bertz CT molecular complexity index is 545. The van der Waals surface area contributed by atoms with Gasteiger partial charge in [-0.1, -0.05) is 18.2 Å². The molecule has 0 spiro atoms. The summed E-state index contributed by atoms with van der Waals surface area (Å²) in [5.41, 5.74) is 0. The Morgan fingerprint density at radius 1 is 1.13 bits per heavy atom. The van der Waals surface area contributed by atoms with Crippen molar-refractivity contribution in [2.75, 3.05) is 25.4 Å². The van der Waals surface area contributed by atoms with Gasteiger partial charge in [-0.3, -0.25) is 9.59 Å². The second kappa shape index (κ2) is 7.86. The van der Waals surface area contributed by atoms with E-state index in [1.807, 2.05) is 23.1 Å². The van der Waals surface area contributed by atoms with E-state index in [9.17, 15) is 9.59 Å². The number of hydrogen-bond donors (Lipinski definition) is 1. The van der Waals surface area contributed by atoms with Crippen molar-refractivity contribution < 1.29 is 9.59 Å². The van der Waals surface area contributed by atoms with Crippen LogP contribution in [0, 0.1) is 11.8 Å². The maximum Gasteiger partial charge on any atom is 0.225 e. The lowest BCUT2D eigenvalue weighted by atomic mass is 9.97. The molecule has 2 fully saturated rings. The molecular formula is C18H24N2O2S. The van der Waals surface area contributed by atoms with E-state index < -0.39 is 0 Å². The number of nitrogens with zero attached hydrogens (tertiary/aromatic N) is 1. The van der Waals surface area contributed by atoms with Crippen LogP contribution in [-0.4, -0.2) is 42.1 Å². The van der Waals surface area contributed by atoms with Crippen LogP contribution in [-0.2, 0) is 9.59 Å². The Labute approximate surface area is 142 Å². The maximum absolute atomic E-state index is 12.3. The van der Waals surface area contributed by atoms with Crippen molar-refractivity contribution in [3.05, 3.63) is 30.3 Å². The van der Waals surface area contributed by atoms with Gasteiger partial charge < -0.3 is 10.2 Å². The molecule has 2 amide bonds. The molecule has 0 aromatic heterocycles. The summed E-state index contributed by atoms with van der Waals surface area (Å²) in [6.45, 7) is 2.10. The third-order valence-corrected chi connectivity index (χ3v) is 5.46. The largest absolute Gasteiger partial charge is 0.355 e. The van der Waals surface area contributed by atoms with Crippen molar-refractivity contribution in [1.29, 1.82) is 0 Å². The standard InChI is InChI=1S/C18H24N2O2S/c21-17(19-10-12-23-16-6-2-1-3-7-16)15-5-4-11-20(13-15)18(22)14-8-9-14/h1-3,6-7,14-15H,4-5,8-13H2,(H,19,21)/t15-/m1/s1. The molecule has 1 saturated heterocycles.